The van der Waals surface area contributed by atoms with Crippen LogP contribution in [0.4, 0.5) is 0 Å². The summed E-state index contributed by atoms with van der Waals surface area (Å²) in [6, 6.07) is 12.2. The van der Waals surface area contributed by atoms with Gasteiger partial charge in [-0.3, -0.25) is 9.48 Å². The van der Waals surface area contributed by atoms with Crippen molar-refractivity contribution < 1.29 is 14.3 Å². The minimum Gasteiger partial charge on any atom is -0.465 e. The second kappa shape index (κ2) is 6.34. The van der Waals surface area contributed by atoms with Crippen molar-refractivity contribution in [1.82, 2.24) is 9.78 Å². The van der Waals surface area contributed by atoms with E-state index in [0.29, 0.717) is 11.1 Å². The third-order valence-electron chi connectivity index (χ3n) is 3.46. The summed E-state index contributed by atoms with van der Waals surface area (Å²) < 4.78 is 7.20. The number of fused-ring (bicyclic) bond motifs is 1. The van der Waals surface area contributed by atoms with Crippen LogP contribution < -0.4 is 0 Å². The summed E-state index contributed by atoms with van der Waals surface area (Å²) in [6.45, 7) is 0.103. The molecule has 0 fully saturated rings. The monoisotopic (exact) mass is 372 g/mol. The lowest BCUT2D eigenvalue weighted by molar-refractivity contribution is 0.0600. The molecule has 116 valence electrons. The van der Waals surface area contributed by atoms with Crippen molar-refractivity contribution >= 4 is 38.6 Å². The Morgan fingerprint density at radius 3 is 2.65 bits per heavy atom. The van der Waals surface area contributed by atoms with E-state index in [2.05, 4.69) is 25.8 Å². The lowest BCUT2D eigenvalue weighted by Gasteiger charge is -2.04. The number of hydrogen-bond donors (Lipinski definition) is 0. The van der Waals surface area contributed by atoms with Gasteiger partial charge in [0, 0.05) is 21.6 Å². The number of hydrogen-bond acceptors (Lipinski definition) is 4. The minimum absolute atomic E-state index is 0.103. The van der Waals surface area contributed by atoms with Crippen LogP contribution in [-0.4, -0.2) is 28.6 Å². The highest BCUT2D eigenvalue weighted by Crippen LogP contribution is 2.22. The first-order valence-corrected chi connectivity index (χ1v) is 7.71. The predicted octanol–water partition coefficient (Wildman–Crippen LogP) is 3.47. The lowest BCUT2D eigenvalue weighted by Crippen LogP contribution is -2.12. The molecule has 1 aromatic heterocycles. The zero-order chi connectivity index (χ0) is 16.4. The number of nitrogens with zero attached hydrogens (tertiary/aromatic N) is 2. The van der Waals surface area contributed by atoms with E-state index in [9.17, 15) is 9.59 Å². The molecule has 0 radical (unpaired) electrons. The quantitative estimate of drug-likeness (QED) is 0.519. The Bertz CT molecular complexity index is 902. The zero-order valence-corrected chi connectivity index (χ0v) is 13.9. The van der Waals surface area contributed by atoms with Crippen LogP contribution in [0.2, 0.25) is 0 Å². The molecule has 6 heteroatoms. The molecule has 0 aliphatic rings. The largest absolute Gasteiger partial charge is 0.465 e. The summed E-state index contributed by atoms with van der Waals surface area (Å²) in [5, 5.41) is 5.33. The van der Waals surface area contributed by atoms with Crippen LogP contribution in [0.25, 0.3) is 10.9 Å². The molecule has 0 spiro atoms. The number of carbonyl (C=O) groups excluding carboxylic acids is 2. The molecular formula is C17H13BrN2O3. The topological polar surface area (TPSA) is 61.2 Å². The molecule has 0 bridgehead atoms. The number of rotatable bonds is 4. The molecule has 0 amide bonds. The fourth-order valence-corrected chi connectivity index (χ4v) is 2.77. The molecule has 3 rings (SSSR count). The standard InChI is InChI=1S/C17H13BrN2O3/c1-23-17(22)12-5-2-4-11(8-12)16(21)10-20-9-13-14(18)6-3-7-15(13)19-20/h2-9H,10H2,1H3. The molecule has 0 atom stereocenters. The van der Waals surface area contributed by atoms with Gasteiger partial charge in [0.15, 0.2) is 5.78 Å². The van der Waals surface area contributed by atoms with Crippen molar-refractivity contribution in [2.75, 3.05) is 7.11 Å². The number of aromatic nitrogens is 2. The number of carbonyl (C=O) groups is 2. The fraction of sp³-hybridized carbons (Fsp3) is 0.118. The van der Waals surface area contributed by atoms with E-state index in [4.69, 9.17) is 0 Å². The van der Waals surface area contributed by atoms with Gasteiger partial charge in [-0.05, 0) is 24.3 Å². The zero-order valence-electron chi connectivity index (χ0n) is 12.3. The summed E-state index contributed by atoms with van der Waals surface area (Å²) >= 11 is 3.47. The van der Waals surface area contributed by atoms with Crippen LogP contribution in [-0.2, 0) is 11.3 Å². The Labute approximate surface area is 141 Å². The third-order valence-corrected chi connectivity index (χ3v) is 4.15. The fourth-order valence-electron chi connectivity index (χ4n) is 2.31. The van der Waals surface area contributed by atoms with Crippen molar-refractivity contribution in [3.05, 3.63) is 64.3 Å². The number of ether oxygens (including phenoxy) is 1. The Hall–Kier alpha value is -2.47. The van der Waals surface area contributed by atoms with Crippen LogP contribution in [0, 0.1) is 0 Å². The van der Waals surface area contributed by atoms with Crippen LogP contribution in [0.15, 0.2) is 53.1 Å². The summed E-state index contributed by atoms with van der Waals surface area (Å²) in [6.07, 6.45) is 1.82. The minimum atomic E-state index is -0.464. The molecule has 0 saturated carbocycles. The van der Waals surface area contributed by atoms with Gasteiger partial charge in [0.1, 0.15) is 6.54 Å². The first-order chi connectivity index (χ1) is 11.1. The summed E-state index contributed by atoms with van der Waals surface area (Å²) in [7, 11) is 1.31. The Kier molecular flexibility index (Phi) is 4.25. The van der Waals surface area contributed by atoms with Gasteiger partial charge < -0.3 is 4.74 Å². The van der Waals surface area contributed by atoms with Gasteiger partial charge in [0.2, 0.25) is 0 Å². The maximum Gasteiger partial charge on any atom is 0.337 e. The third kappa shape index (κ3) is 3.17. The SMILES string of the molecule is COC(=O)c1cccc(C(=O)Cn2cc3c(Br)cccc3n2)c1. The second-order valence-corrected chi connectivity index (χ2v) is 5.85. The van der Waals surface area contributed by atoms with E-state index in [1.807, 2.05) is 24.4 Å². The van der Waals surface area contributed by atoms with Crippen molar-refractivity contribution in [3.63, 3.8) is 0 Å². The summed E-state index contributed by atoms with van der Waals surface area (Å²) in [4.78, 5) is 24.0. The molecule has 23 heavy (non-hydrogen) atoms. The molecule has 2 aromatic carbocycles. The van der Waals surface area contributed by atoms with Gasteiger partial charge in [0.25, 0.3) is 0 Å². The van der Waals surface area contributed by atoms with E-state index in [-0.39, 0.29) is 12.3 Å². The lowest BCUT2D eigenvalue weighted by atomic mass is 10.1. The van der Waals surface area contributed by atoms with Gasteiger partial charge >= 0.3 is 5.97 Å². The number of benzene rings is 2. The van der Waals surface area contributed by atoms with Gasteiger partial charge in [-0.15, -0.1) is 0 Å². The number of halogens is 1. The Morgan fingerprint density at radius 1 is 1.17 bits per heavy atom. The molecule has 3 aromatic rings. The van der Waals surface area contributed by atoms with E-state index in [1.165, 1.54) is 13.2 Å². The van der Waals surface area contributed by atoms with Gasteiger partial charge in [-0.1, -0.05) is 34.1 Å². The van der Waals surface area contributed by atoms with E-state index < -0.39 is 5.97 Å². The van der Waals surface area contributed by atoms with Crippen LogP contribution >= 0.6 is 15.9 Å². The highest BCUT2D eigenvalue weighted by atomic mass is 79.9. The average molecular weight is 373 g/mol. The van der Waals surface area contributed by atoms with Gasteiger partial charge in [-0.25, -0.2) is 4.79 Å². The van der Waals surface area contributed by atoms with Crippen LogP contribution in [0.5, 0.6) is 0 Å². The molecule has 0 unspecified atom stereocenters. The van der Waals surface area contributed by atoms with E-state index in [1.54, 1.807) is 22.9 Å². The van der Waals surface area contributed by atoms with Crippen molar-refractivity contribution in [3.8, 4) is 0 Å². The van der Waals surface area contributed by atoms with Gasteiger partial charge in [-0.2, -0.15) is 5.10 Å². The Balaban J connectivity index is 1.86. The second-order valence-electron chi connectivity index (χ2n) is 4.99. The molecule has 0 aliphatic carbocycles. The van der Waals surface area contributed by atoms with Crippen LogP contribution in [0.3, 0.4) is 0 Å². The molecule has 0 saturated heterocycles. The van der Waals surface area contributed by atoms with E-state index >= 15 is 0 Å². The molecule has 0 N–H and O–H groups in total. The number of Topliss-reactive ketones (excluding diaryl/α,β-unsaturated/α-hetero) is 1. The molecule has 1 heterocycles. The molecular weight excluding hydrogens is 360 g/mol. The summed E-state index contributed by atoms with van der Waals surface area (Å²) in [5.74, 6) is -0.590. The highest BCUT2D eigenvalue weighted by molar-refractivity contribution is 9.10. The average Bonchev–Trinajstić information content (AvgIpc) is 2.98. The van der Waals surface area contributed by atoms with Crippen molar-refractivity contribution in [2.24, 2.45) is 0 Å². The normalized spacial score (nSPS) is 10.7. The number of esters is 1. The summed E-state index contributed by atoms with van der Waals surface area (Å²) in [5.41, 5.74) is 1.62. The maximum atomic E-state index is 12.4. The van der Waals surface area contributed by atoms with E-state index in [0.717, 1.165) is 15.4 Å². The van der Waals surface area contributed by atoms with Crippen molar-refractivity contribution in [1.29, 1.82) is 0 Å². The van der Waals surface area contributed by atoms with Crippen LogP contribution in [0.1, 0.15) is 20.7 Å². The Morgan fingerprint density at radius 2 is 1.91 bits per heavy atom. The number of ketones is 1. The smallest absolute Gasteiger partial charge is 0.337 e. The highest BCUT2D eigenvalue weighted by Gasteiger charge is 2.12. The first-order valence-electron chi connectivity index (χ1n) is 6.92. The van der Waals surface area contributed by atoms with Gasteiger partial charge in [0.05, 0.1) is 18.2 Å². The van der Waals surface area contributed by atoms with Crippen molar-refractivity contribution in [2.45, 2.75) is 6.54 Å². The predicted molar refractivity (Wildman–Crippen MR) is 89.5 cm³/mol. The molecule has 5 nitrogen and oxygen atoms in total. The first kappa shape index (κ1) is 15.4. The maximum absolute atomic E-state index is 12.4. The molecule has 0 aliphatic heterocycles. The number of methoxy groups -OCH3 is 1.